The molecule has 3 aromatic rings. The number of hydrogen-bond acceptors (Lipinski definition) is 6. The maximum Gasteiger partial charge on any atom is 0.283 e. The van der Waals surface area contributed by atoms with E-state index in [4.69, 9.17) is 6.57 Å². The molecule has 1 unspecified atom stereocenters. The zero-order valence-electron chi connectivity index (χ0n) is 22.1. The molecule has 1 atom stereocenters. The highest BCUT2D eigenvalue weighted by Crippen LogP contribution is 2.36. The normalized spacial score (nSPS) is 14.0. The lowest BCUT2D eigenvalue weighted by Gasteiger charge is -2.22. The zero-order valence-corrected chi connectivity index (χ0v) is 22.9. The molecule has 0 radical (unpaired) electrons. The molecule has 0 spiro atoms. The lowest BCUT2D eigenvalue weighted by Crippen LogP contribution is -2.32. The number of benzene rings is 1. The summed E-state index contributed by atoms with van der Waals surface area (Å²) in [6.07, 6.45) is 3.07. The van der Waals surface area contributed by atoms with Crippen molar-refractivity contribution in [1.29, 1.82) is 0 Å². The smallest absolute Gasteiger partial charge is 0.283 e. The van der Waals surface area contributed by atoms with Crippen molar-refractivity contribution < 1.29 is 17.6 Å². The summed E-state index contributed by atoms with van der Waals surface area (Å²) in [5, 5.41) is 4.07. The average molecular weight is 539 g/mol. The van der Waals surface area contributed by atoms with Crippen molar-refractivity contribution >= 4 is 21.7 Å². The Kier molecular flexibility index (Phi) is 7.67. The molecule has 38 heavy (non-hydrogen) atoms. The van der Waals surface area contributed by atoms with Crippen LogP contribution in [0.1, 0.15) is 61.7 Å². The Morgan fingerprint density at radius 3 is 2.58 bits per heavy atom. The van der Waals surface area contributed by atoms with Crippen LogP contribution in [0.25, 0.3) is 16.0 Å². The molecule has 4 rings (SSSR count). The van der Waals surface area contributed by atoms with E-state index in [1.54, 1.807) is 10.7 Å². The van der Waals surface area contributed by atoms with Gasteiger partial charge in [0.1, 0.15) is 12.0 Å². The van der Waals surface area contributed by atoms with Crippen LogP contribution in [0.5, 0.6) is 0 Å². The van der Waals surface area contributed by atoms with Gasteiger partial charge in [-0.1, -0.05) is 6.57 Å². The van der Waals surface area contributed by atoms with Gasteiger partial charge in [-0.3, -0.25) is 9.48 Å². The summed E-state index contributed by atoms with van der Waals surface area (Å²) in [6.45, 7) is 13.0. The highest BCUT2D eigenvalue weighted by Gasteiger charge is 2.29. The summed E-state index contributed by atoms with van der Waals surface area (Å²) in [4.78, 5) is 22.4. The van der Waals surface area contributed by atoms with E-state index in [0.717, 1.165) is 12.0 Å². The Bertz CT molecular complexity index is 1540. The van der Waals surface area contributed by atoms with Crippen LogP contribution >= 0.6 is 0 Å². The van der Waals surface area contributed by atoms with E-state index in [2.05, 4.69) is 19.6 Å². The summed E-state index contributed by atoms with van der Waals surface area (Å²) in [7, 11) is -0.479. The van der Waals surface area contributed by atoms with Crippen molar-refractivity contribution in [2.45, 2.75) is 63.6 Å². The first kappa shape index (κ1) is 27.4. The molecule has 1 aromatic carbocycles. The van der Waals surface area contributed by atoms with Crippen LogP contribution in [0.4, 0.5) is 10.2 Å². The maximum absolute atomic E-state index is 15.0. The van der Waals surface area contributed by atoms with Crippen LogP contribution < -0.4 is 4.72 Å². The number of fused-ring (bicyclic) bond motifs is 1. The van der Waals surface area contributed by atoms with Crippen LogP contribution in [0.15, 0.2) is 35.5 Å². The van der Waals surface area contributed by atoms with E-state index in [9.17, 15) is 17.6 Å². The molecule has 11 heteroatoms. The van der Waals surface area contributed by atoms with Crippen LogP contribution in [0, 0.1) is 12.4 Å². The number of nitrogens with zero attached hydrogens (tertiary/aromatic N) is 5. The lowest BCUT2D eigenvalue weighted by molar-refractivity contribution is -0.118. The second-order valence-electron chi connectivity index (χ2n) is 10.0. The van der Waals surface area contributed by atoms with E-state index in [-0.39, 0.29) is 35.2 Å². The van der Waals surface area contributed by atoms with Gasteiger partial charge < -0.3 is 9.74 Å². The second-order valence-corrected chi connectivity index (χ2v) is 11.6. The van der Waals surface area contributed by atoms with Crippen molar-refractivity contribution in [3.8, 4) is 11.1 Å². The Labute approximate surface area is 222 Å². The molecule has 1 aliphatic rings. The Hall–Kier alpha value is -3.62. The molecule has 0 bridgehead atoms. The Morgan fingerprint density at radius 1 is 1.21 bits per heavy atom. The Morgan fingerprint density at radius 2 is 1.92 bits per heavy atom. The van der Waals surface area contributed by atoms with E-state index < -0.39 is 15.9 Å². The van der Waals surface area contributed by atoms with Crippen molar-refractivity contribution in [2.75, 3.05) is 14.1 Å². The number of carbonyl (C=O) groups is 1. The number of amides is 1. The van der Waals surface area contributed by atoms with Gasteiger partial charge in [0.25, 0.3) is 15.8 Å². The number of rotatable bonds is 8. The van der Waals surface area contributed by atoms with Gasteiger partial charge in [0.15, 0.2) is 5.03 Å². The molecule has 0 saturated heterocycles. The van der Waals surface area contributed by atoms with Crippen molar-refractivity contribution in [2.24, 2.45) is 0 Å². The quantitative estimate of drug-likeness (QED) is 0.428. The van der Waals surface area contributed by atoms with Gasteiger partial charge in [-0.05, 0) is 100 Å². The molecule has 0 saturated carbocycles. The summed E-state index contributed by atoms with van der Waals surface area (Å²) in [5.74, 6) is -0.968. The van der Waals surface area contributed by atoms with Crippen molar-refractivity contribution in [3.05, 3.63) is 70.1 Å². The first-order valence-corrected chi connectivity index (χ1v) is 13.9. The number of aromatic nitrogens is 3. The van der Waals surface area contributed by atoms with E-state index in [0.29, 0.717) is 40.8 Å². The van der Waals surface area contributed by atoms with Crippen LogP contribution in [0.3, 0.4) is 0 Å². The highest BCUT2D eigenvalue weighted by atomic mass is 32.2. The third-order valence-electron chi connectivity index (χ3n) is 6.93. The third-order valence-corrected chi connectivity index (χ3v) is 8.18. The third kappa shape index (κ3) is 5.33. The van der Waals surface area contributed by atoms with E-state index in [1.807, 2.05) is 39.8 Å². The topological polar surface area (TPSA) is 102 Å². The zero-order chi connectivity index (χ0) is 27.8. The fraction of sp³-hybridized carbons (Fsp3) is 0.407. The molecule has 2 aromatic heterocycles. The molecule has 200 valence electrons. The van der Waals surface area contributed by atoms with E-state index >= 15 is 0 Å². The summed E-state index contributed by atoms with van der Waals surface area (Å²) in [5.41, 5.74) is 3.54. The standard InChI is InChI=1S/C27H31FN6O3S/c1-16(2)34-24(17(3)33(5)6)15-27(31-34)38(36,37)32-26(35)14-22-19-8-7-9-20(19)23(28)13-21(22)18-10-11-30-25(12-18)29-4/h10-13,15-17H,7-9,14H2,1-3,5-6H3,(H,32,35). The predicted molar refractivity (Wildman–Crippen MR) is 142 cm³/mol. The van der Waals surface area contributed by atoms with Gasteiger partial charge in [-0.25, -0.2) is 9.11 Å². The van der Waals surface area contributed by atoms with Gasteiger partial charge in [0.2, 0.25) is 5.91 Å². The molecule has 2 heterocycles. The minimum atomic E-state index is -4.26. The van der Waals surface area contributed by atoms with Crippen molar-refractivity contribution in [3.63, 3.8) is 0 Å². The molecule has 1 amide bonds. The number of nitrogens with one attached hydrogen (secondary N) is 1. The van der Waals surface area contributed by atoms with Gasteiger partial charge in [-0.15, -0.1) is 4.98 Å². The maximum atomic E-state index is 15.0. The Balaban J connectivity index is 1.69. The van der Waals surface area contributed by atoms with Gasteiger partial charge in [0, 0.05) is 18.2 Å². The second kappa shape index (κ2) is 10.6. The number of hydrogen-bond donors (Lipinski definition) is 1. The summed E-state index contributed by atoms with van der Waals surface area (Å²) in [6, 6.07) is 5.85. The fourth-order valence-corrected chi connectivity index (χ4v) is 5.76. The van der Waals surface area contributed by atoms with Gasteiger partial charge in [-0.2, -0.15) is 13.5 Å². The van der Waals surface area contributed by atoms with E-state index in [1.165, 1.54) is 24.4 Å². The average Bonchev–Trinajstić information content (AvgIpc) is 3.54. The first-order chi connectivity index (χ1) is 17.9. The summed E-state index contributed by atoms with van der Waals surface area (Å²) >= 11 is 0. The minimum Gasteiger partial charge on any atom is -0.361 e. The molecule has 1 aliphatic carbocycles. The van der Waals surface area contributed by atoms with Crippen LogP contribution in [0.2, 0.25) is 0 Å². The molecule has 1 N–H and O–H groups in total. The highest BCUT2D eigenvalue weighted by molar-refractivity contribution is 7.90. The molecule has 0 fully saturated rings. The van der Waals surface area contributed by atoms with Gasteiger partial charge >= 0.3 is 0 Å². The fourth-order valence-electron chi connectivity index (χ4n) is 4.82. The number of halogens is 1. The number of sulfonamides is 1. The summed E-state index contributed by atoms with van der Waals surface area (Å²) < 4.78 is 45.2. The van der Waals surface area contributed by atoms with Crippen molar-refractivity contribution in [1.82, 2.24) is 24.4 Å². The predicted octanol–water partition coefficient (Wildman–Crippen LogP) is 4.37. The lowest BCUT2D eigenvalue weighted by atomic mass is 9.91. The number of pyridine rings is 1. The minimum absolute atomic E-state index is 0.0860. The largest absolute Gasteiger partial charge is 0.361 e. The van der Waals surface area contributed by atoms with Crippen LogP contribution in [-0.2, 0) is 34.1 Å². The molecular formula is C27H31FN6O3S. The first-order valence-electron chi connectivity index (χ1n) is 12.4. The van der Waals surface area contributed by atoms with Crippen LogP contribution in [-0.4, -0.2) is 48.1 Å². The monoisotopic (exact) mass is 538 g/mol. The number of carbonyl (C=O) groups excluding carboxylic acids is 1. The molecule has 9 nitrogen and oxygen atoms in total. The SMILES string of the molecule is [C-]#[N+]c1cc(-c2cc(F)c3c(c2CC(=O)NS(=O)(=O)c2cc(C(C)N(C)C)n(C(C)C)n2)CCC3)ccn1. The van der Waals surface area contributed by atoms with Gasteiger partial charge in [0.05, 0.1) is 12.1 Å². The molecular weight excluding hydrogens is 507 g/mol. The molecule has 0 aliphatic heterocycles.